The number of carbonyl (C=O) groups excluding carboxylic acids is 2. The minimum atomic E-state index is -0.801. The number of aromatic nitrogens is 1. The minimum Gasteiger partial charge on any atom is -0.507 e. The summed E-state index contributed by atoms with van der Waals surface area (Å²) in [7, 11) is 0. The number of halogens is 2. The molecule has 2 saturated heterocycles. The Balaban J connectivity index is 1.70. The van der Waals surface area contributed by atoms with Crippen LogP contribution in [0.2, 0.25) is 5.02 Å². The van der Waals surface area contributed by atoms with Gasteiger partial charge in [0.05, 0.1) is 23.2 Å². The number of hydrogen-bond donors (Lipinski definition) is 2. The highest BCUT2D eigenvalue weighted by molar-refractivity contribution is 6.35. The van der Waals surface area contributed by atoms with Crippen molar-refractivity contribution < 1.29 is 28.9 Å². The van der Waals surface area contributed by atoms with Crippen molar-refractivity contribution in [3.63, 3.8) is 0 Å². The lowest BCUT2D eigenvalue weighted by Crippen LogP contribution is -2.57. The van der Waals surface area contributed by atoms with Gasteiger partial charge in [0.15, 0.2) is 5.75 Å². The van der Waals surface area contributed by atoms with Crippen molar-refractivity contribution in [3.05, 3.63) is 47.3 Å². The minimum absolute atomic E-state index is 0.0301. The van der Waals surface area contributed by atoms with Gasteiger partial charge in [0, 0.05) is 26.2 Å². The molecule has 0 spiro atoms. The smallest absolute Gasteiger partial charge is 0.261 e. The lowest BCUT2D eigenvalue weighted by Gasteiger charge is -2.40. The molecule has 1 unspecified atom stereocenters. The average Bonchev–Trinajstić information content (AvgIpc) is 3.04. The van der Waals surface area contributed by atoms with Crippen molar-refractivity contribution in [2.75, 3.05) is 37.7 Å². The van der Waals surface area contributed by atoms with Gasteiger partial charge in [-0.05, 0) is 38.5 Å². The fourth-order valence-corrected chi connectivity index (χ4v) is 5.62. The highest BCUT2D eigenvalue weighted by Gasteiger charge is 2.46. The number of piperazine rings is 1. The van der Waals surface area contributed by atoms with Crippen LogP contribution in [-0.2, 0) is 4.79 Å². The number of nitrogens with zero attached hydrogens (tertiary/aromatic N) is 4. The molecule has 2 N–H and O–H groups in total. The molecule has 5 rings (SSSR count). The molecular formula is C26H28ClFN4O5. The summed E-state index contributed by atoms with van der Waals surface area (Å²) in [5, 5.41) is 21.1. The number of hydrogen-bond acceptors (Lipinski definition) is 7. The third-order valence-corrected chi connectivity index (χ3v) is 7.91. The van der Waals surface area contributed by atoms with E-state index in [1.54, 1.807) is 14.7 Å². The van der Waals surface area contributed by atoms with Crippen LogP contribution in [0.15, 0.2) is 30.9 Å². The summed E-state index contributed by atoms with van der Waals surface area (Å²) in [5.41, 5.74) is -0.975. The number of amides is 2. The van der Waals surface area contributed by atoms with Gasteiger partial charge in [-0.2, -0.15) is 0 Å². The zero-order valence-electron chi connectivity index (χ0n) is 20.6. The Hall–Kier alpha value is -3.37. The SMILES string of the molecule is C=CC(=O)N1CCN2C(=O)c3c(N4CCC(O)C4(C)C)nc(-c4c(O)cccc4F)c(Cl)c3OC[C@H]2C1. The first-order valence-corrected chi connectivity index (χ1v) is 12.5. The molecule has 196 valence electrons. The van der Waals surface area contributed by atoms with E-state index >= 15 is 0 Å². The molecule has 3 aliphatic heterocycles. The number of aliphatic hydroxyl groups is 1. The molecule has 11 heteroatoms. The number of aliphatic hydroxyl groups excluding tert-OH is 1. The van der Waals surface area contributed by atoms with Crippen molar-refractivity contribution in [2.24, 2.45) is 0 Å². The molecule has 1 aromatic heterocycles. The molecule has 37 heavy (non-hydrogen) atoms. The van der Waals surface area contributed by atoms with Crippen LogP contribution >= 0.6 is 11.6 Å². The Morgan fingerprint density at radius 3 is 2.70 bits per heavy atom. The van der Waals surface area contributed by atoms with Crippen LogP contribution in [-0.4, -0.2) is 87.3 Å². The van der Waals surface area contributed by atoms with Crippen molar-refractivity contribution in [2.45, 2.75) is 38.0 Å². The number of phenolic OH excluding ortho intramolecular Hbond substituents is 1. The first-order valence-electron chi connectivity index (χ1n) is 12.1. The molecular weight excluding hydrogens is 503 g/mol. The van der Waals surface area contributed by atoms with Crippen LogP contribution in [0.3, 0.4) is 0 Å². The first kappa shape index (κ1) is 25.3. The van der Waals surface area contributed by atoms with Crippen molar-refractivity contribution >= 4 is 29.2 Å². The second-order valence-electron chi connectivity index (χ2n) is 10.00. The summed E-state index contributed by atoms with van der Waals surface area (Å²) in [4.78, 5) is 35.9. The van der Waals surface area contributed by atoms with Crippen LogP contribution in [0.5, 0.6) is 11.5 Å². The van der Waals surface area contributed by atoms with E-state index < -0.39 is 23.5 Å². The second kappa shape index (κ2) is 9.18. The maximum atomic E-state index is 14.9. The first-order chi connectivity index (χ1) is 17.6. The molecule has 4 heterocycles. The van der Waals surface area contributed by atoms with E-state index in [9.17, 15) is 24.2 Å². The topological polar surface area (TPSA) is 106 Å². The summed E-state index contributed by atoms with van der Waals surface area (Å²) in [5.74, 6) is -1.50. The van der Waals surface area contributed by atoms with Crippen LogP contribution < -0.4 is 9.64 Å². The summed E-state index contributed by atoms with van der Waals surface area (Å²) >= 11 is 6.74. The largest absolute Gasteiger partial charge is 0.507 e. The predicted octanol–water partition coefficient (Wildman–Crippen LogP) is 2.83. The van der Waals surface area contributed by atoms with Gasteiger partial charge >= 0.3 is 0 Å². The number of fused-ring (bicyclic) bond motifs is 2. The van der Waals surface area contributed by atoms with E-state index in [1.165, 1.54) is 24.3 Å². The van der Waals surface area contributed by atoms with E-state index in [2.05, 4.69) is 11.6 Å². The van der Waals surface area contributed by atoms with E-state index in [0.29, 0.717) is 19.5 Å². The van der Waals surface area contributed by atoms with E-state index in [1.807, 2.05) is 13.8 Å². The molecule has 1 aromatic carbocycles. The Morgan fingerprint density at radius 2 is 2.05 bits per heavy atom. The molecule has 2 aromatic rings. The van der Waals surface area contributed by atoms with Gasteiger partial charge in [-0.3, -0.25) is 9.59 Å². The fraction of sp³-hybridized carbons (Fsp3) is 0.423. The van der Waals surface area contributed by atoms with Gasteiger partial charge in [-0.1, -0.05) is 24.2 Å². The second-order valence-corrected chi connectivity index (χ2v) is 10.4. The molecule has 9 nitrogen and oxygen atoms in total. The van der Waals surface area contributed by atoms with E-state index in [0.717, 1.165) is 0 Å². The zero-order valence-corrected chi connectivity index (χ0v) is 21.3. The molecule has 0 bridgehead atoms. The van der Waals surface area contributed by atoms with Crippen LogP contribution in [0.25, 0.3) is 11.3 Å². The number of aromatic hydroxyl groups is 1. The number of rotatable bonds is 3. The number of phenols is 1. The molecule has 0 saturated carbocycles. The molecule has 2 atom stereocenters. The molecule has 0 radical (unpaired) electrons. The van der Waals surface area contributed by atoms with Crippen molar-refractivity contribution in [1.82, 2.24) is 14.8 Å². The summed E-state index contributed by atoms with van der Waals surface area (Å²) < 4.78 is 21.1. The van der Waals surface area contributed by atoms with Crippen LogP contribution in [0, 0.1) is 5.82 Å². The number of anilines is 1. The Kier molecular flexibility index (Phi) is 6.27. The highest BCUT2D eigenvalue weighted by atomic mass is 35.5. The van der Waals surface area contributed by atoms with Crippen molar-refractivity contribution in [1.29, 1.82) is 0 Å². The Labute approximate surface area is 218 Å². The Bertz CT molecular complexity index is 1280. The van der Waals surface area contributed by atoms with E-state index in [-0.39, 0.29) is 70.7 Å². The maximum absolute atomic E-state index is 14.9. The quantitative estimate of drug-likeness (QED) is 0.588. The van der Waals surface area contributed by atoms with Gasteiger partial charge in [0.1, 0.15) is 40.3 Å². The van der Waals surface area contributed by atoms with Crippen LogP contribution in [0.4, 0.5) is 10.2 Å². The average molecular weight is 531 g/mol. The Morgan fingerprint density at radius 1 is 1.30 bits per heavy atom. The van der Waals surface area contributed by atoms with Gasteiger partial charge in [-0.15, -0.1) is 0 Å². The van der Waals surface area contributed by atoms with Gasteiger partial charge in [0.2, 0.25) is 5.91 Å². The number of ether oxygens (including phenoxy) is 1. The molecule has 0 aliphatic carbocycles. The molecule has 3 aliphatic rings. The van der Waals surface area contributed by atoms with Crippen LogP contribution in [0.1, 0.15) is 30.6 Å². The molecule has 2 fully saturated rings. The lowest BCUT2D eigenvalue weighted by atomic mass is 9.97. The standard InChI is InChI=1S/C26H28ClFN4O5/c1-4-18(35)30-10-11-31-14(12-30)13-37-23-20(25(31)36)24(32-9-8-17(34)26(32,2)3)29-22(21(23)27)19-15(28)6-5-7-16(19)33/h4-7,14,17,33-34H,1,8-13H2,2-3H3/t14-,17?/m1/s1. The third kappa shape index (κ3) is 3.99. The lowest BCUT2D eigenvalue weighted by molar-refractivity contribution is -0.128. The predicted molar refractivity (Wildman–Crippen MR) is 135 cm³/mol. The monoisotopic (exact) mass is 530 g/mol. The normalized spacial score (nSPS) is 22.7. The number of pyridine rings is 1. The summed E-state index contributed by atoms with van der Waals surface area (Å²) in [6, 6.07) is 3.41. The summed E-state index contributed by atoms with van der Waals surface area (Å²) in [6.45, 7) is 8.47. The van der Waals surface area contributed by atoms with Crippen molar-refractivity contribution in [3.8, 4) is 22.8 Å². The van der Waals surface area contributed by atoms with Gasteiger partial charge < -0.3 is 29.6 Å². The highest BCUT2D eigenvalue weighted by Crippen LogP contribution is 2.48. The van der Waals surface area contributed by atoms with E-state index in [4.69, 9.17) is 16.3 Å². The van der Waals surface area contributed by atoms with Gasteiger partial charge in [0.25, 0.3) is 5.91 Å². The third-order valence-electron chi connectivity index (χ3n) is 7.56. The molecule has 2 amide bonds. The fourth-order valence-electron chi connectivity index (χ4n) is 5.34. The number of carbonyl (C=O) groups is 2. The number of benzene rings is 1. The summed E-state index contributed by atoms with van der Waals surface area (Å²) in [6.07, 6.45) is 0.970. The zero-order chi connectivity index (χ0) is 26.6. The van der Waals surface area contributed by atoms with Gasteiger partial charge in [-0.25, -0.2) is 9.37 Å². The maximum Gasteiger partial charge on any atom is 0.261 e.